The number of aromatic nitrogens is 1. The lowest BCUT2D eigenvalue weighted by molar-refractivity contribution is 0.0814. The lowest BCUT2D eigenvalue weighted by Gasteiger charge is -2.38. The summed E-state index contributed by atoms with van der Waals surface area (Å²) in [7, 11) is 5.00. The maximum Gasteiger partial charge on any atom is 0.290 e. The number of benzene rings is 1. The van der Waals surface area contributed by atoms with Crippen LogP contribution in [0.15, 0.2) is 29.4 Å². The number of aliphatic imine (C=N–C) groups is 1. The number of ether oxygens (including phenoxy) is 3. The number of rotatable bonds is 4. The predicted octanol–water partition coefficient (Wildman–Crippen LogP) is 2.51. The number of amidine groups is 1. The summed E-state index contributed by atoms with van der Waals surface area (Å²) in [4.78, 5) is 11.3. The summed E-state index contributed by atoms with van der Waals surface area (Å²) >= 11 is 0. The summed E-state index contributed by atoms with van der Waals surface area (Å²) in [5.74, 6) is 2.74. The fourth-order valence-electron chi connectivity index (χ4n) is 4.67. The van der Waals surface area contributed by atoms with Crippen LogP contribution in [0.1, 0.15) is 12.8 Å². The summed E-state index contributed by atoms with van der Waals surface area (Å²) in [6, 6.07) is 6.36. The van der Waals surface area contributed by atoms with Crippen LogP contribution in [0.25, 0.3) is 10.8 Å². The first-order valence-electron chi connectivity index (χ1n) is 9.34. The lowest BCUT2D eigenvalue weighted by atomic mass is 10.0. The van der Waals surface area contributed by atoms with Gasteiger partial charge < -0.3 is 14.2 Å². The molecule has 3 heterocycles. The van der Waals surface area contributed by atoms with Crippen LogP contribution in [-0.2, 0) is 4.74 Å². The van der Waals surface area contributed by atoms with Gasteiger partial charge in [-0.3, -0.25) is 10.2 Å². The van der Waals surface area contributed by atoms with Crippen molar-refractivity contribution in [3.8, 4) is 11.5 Å². The molecule has 1 aromatic heterocycles. The molecule has 1 aromatic carbocycles. The minimum Gasteiger partial charge on any atom is -0.493 e. The van der Waals surface area contributed by atoms with Gasteiger partial charge in [-0.1, -0.05) is 0 Å². The molecule has 1 aliphatic carbocycles. The standard InChI is InChI=1S/C20H24N4O3/c1-21-19(27-17-11-24-5-4-20(24)9-14(17)20)23-18-8-12-6-15(25-2)16(26-3)7-13(12)10-22-18/h6-8,10,14,17H,4-5,9,11H2,1-3H3,(H,21,22,23)/t14?,17-,20?/m0/s1. The van der Waals surface area contributed by atoms with Gasteiger partial charge in [0.25, 0.3) is 6.02 Å². The average Bonchev–Trinajstić information content (AvgIpc) is 3.42. The van der Waals surface area contributed by atoms with Gasteiger partial charge in [0.15, 0.2) is 11.5 Å². The molecule has 0 radical (unpaired) electrons. The second-order valence-corrected chi connectivity index (χ2v) is 7.54. The van der Waals surface area contributed by atoms with Gasteiger partial charge in [0.1, 0.15) is 11.9 Å². The number of nitrogens with zero attached hydrogens (tertiary/aromatic N) is 3. The number of fused-ring (bicyclic) bond motifs is 1. The Hall–Kier alpha value is -2.54. The molecule has 1 saturated carbocycles. The minimum absolute atomic E-state index is 0.225. The van der Waals surface area contributed by atoms with Crippen LogP contribution < -0.4 is 14.8 Å². The van der Waals surface area contributed by atoms with Crippen molar-refractivity contribution in [2.24, 2.45) is 10.9 Å². The third kappa shape index (κ3) is 2.52. The van der Waals surface area contributed by atoms with Crippen molar-refractivity contribution in [3.05, 3.63) is 24.4 Å². The van der Waals surface area contributed by atoms with Crippen molar-refractivity contribution in [2.75, 3.05) is 39.7 Å². The van der Waals surface area contributed by atoms with E-state index in [1.807, 2.05) is 24.4 Å². The Bertz CT molecular complexity index is 931. The number of nitrogens with one attached hydrogen (secondary N) is 1. The fourth-order valence-corrected chi connectivity index (χ4v) is 4.67. The molecule has 0 bridgehead atoms. The Kier molecular flexibility index (Phi) is 3.69. The molecular weight excluding hydrogens is 344 g/mol. The van der Waals surface area contributed by atoms with E-state index in [-0.39, 0.29) is 6.10 Å². The fraction of sp³-hybridized carbons (Fsp3) is 0.500. The van der Waals surface area contributed by atoms with Crippen LogP contribution in [0.4, 0.5) is 5.82 Å². The summed E-state index contributed by atoms with van der Waals surface area (Å²) < 4.78 is 17.0. The molecule has 7 heteroatoms. The van der Waals surface area contributed by atoms with Crippen LogP contribution in [-0.4, -0.2) is 61.9 Å². The second kappa shape index (κ2) is 5.99. The molecule has 2 saturated heterocycles. The van der Waals surface area contributed by atoms with E-state index in [4.69, 9.17) is 14.2 Å². The Morgan fingerprint density at radius 1 is 1.22 bits per heavy atom. The highest BCUT2D eigenvalue weighted by Crippen LogP contribution is 2.63. The zero-order chi connectivity index (χ0) is 18.6. The molecule has 1 N–H and O–H groups in total. The zero-order valence-corrected chi connectivity index (χ0v) is 15.9. The number of pyridine rings is 1. The molecule has 3 fully saturated rings. The highest BCUT2D eigenvalue weighted by atomic mass is 16.5. The molecule has 3 atom stereocenters. The van der Waals surface area contributed by atoms with E-state index in [2.05, 4.69) is 20.2 Å². The molecule has 2 aromatic rings. The largest absolute Gasteiger partial charge is 0.493 e. The molecule has 2 unspecified atom stereocenters. The van der Waals surface area contributed by atoms with Crippen LogP contribution >= 0.6 is 0 Å². The van der Waals surface area contributed by atoms with Gasteiger partial charge in [-0.05, 0) is 36.4 Å². The molecule has 27 heavy (non-hydrogen) atoms. The highest BCUT2D eigenvalue weighted by molar-refractivity contribution is 5.92. The summed E-state index contributed by atoms with van der Waals surface area (Å²) in [6.45, 7) is 2.22. The molecule has 1 spiro atoms. The SMILES string of the molecule is CN=C(Nc1cc2cc(OC)c(OC)cc2cn1)O[C@H]1CN2CCC23CC13. The van der Waals surface area contributed by atoms with E-state index >= 15 is 0 Å². The molecule has 5 rings (SSSR count). The Balaban J connectivity index is 1.33. The smallest absolute Gasteiger partial charge is 0.290 e. The normalized spacial score (nSPS) is 28.9. The number of hydrogen-bond acceptors (Lipinski definition) is 6. The average molecular weight is 368 g/mol. The van der Waals surface area contributed by atoms with Crippen LogP contribution in [0, 0.1) is 5.92 Å². The number of anilines is 1. The van der Waals surface area contributed by atoms with Gasteiger partial charge in [0.05, 0.1) is 14.2 Å². The van der Waals surface area contributed by atoms with Gasteiger partial charge in [-0.2, -0.15) is 0 Å². The Morgan fingerprint density at radius 2 is 2.00 bits per heavy atom. The Morgan fingerprint density at radius 3 is 2.56 bits per heavy atom. The van der Waals surface area contributed by atoms with E-state index in [9.17, 15) is 0 Å². The van der Waals surface area contributed by atoms with Gasteiger partial charge in [0.2, 0.25) is 0 Å². The first-order valence-corrected chi connectivity index (χ1v) is 9.34. The molecule has 0 amide bonds. The van der Waals surface area contributed by atoms with E-state index in [1.165, 1.54) is 19.4 Å². The first-order chi connectivity index (χ1) is 13.2. The Labute approximate surface area is 158 Å². The van der Waals surface area contributed by atoms with E-state index in [0.717, 1.165) is 17.3 Å². The van der Waals surface area contributed by atoms with Crippen molar-refractivity contribution in [3.63, 3.8) is 0 Å². The van der Waals surface area contributed by atoms with Crippen LogP contribution in [0.2, 0.25) is 0 Å². The van der Waals surface area contributed by atoms with Gasteiger partial charge in [-0.15, -0.1) is 0 Å². The second-order valence-electron chi connectivity index (χ2n) is 7.54. The lowest BCUT2D eigenvalue weighted by Crippen LogP contribution is -2.48. The van der Waals surface area contributed by atoms with Gasteiger partial charge >= 0.3 is 0 Å². The molecule has 3 aliphatic rings. The third-order valence-corrected chi connectivity index (χ3v) is 6.32. The molecular formula is C20H24N4O3. The van der Waals surface area contributed by atoms with E-state index in [0.29, 0.717) is 34.8 Å². The topological polar surface area (TPSA) is 68.2 Å². The molecule has 142 valence electrons. The van der Waals surface area contributed by atoms with Crippen molar-refractivity contribution >= 4 is 22.6 Å². The maximum absolute atomic E-state index is 6.20. The van der Waals surface area contributed by atoms with Crippen LogP contribution in [0.5, 0.6) is 11.5 Å². The van der Waals surface area contributed by atoms with Crippen molar-refractivity contribution < 1.29 is 14.2 Å². The summed E-state index contributed by atoms with van der Waals surface area (Å²) in [6.07, 6.45) is 4.62. The first kappa shape index (κ1) is 16.6. The molecule has 7 nitrogen and oxygen atoms in total. The van der Waals surface area contributed by atoms with Crippen molar-refractivity contribution in [2.45, 2.75) is 24.5 Å². The number of piperidine rings is 1. The van der Waals surface area contributed by atoms with Crippen LogP contribution in [0.3, 0.4) is 0 Å². The van der Waals surface area contributed by atoms with Gasteiger partial charge in [0, 0.05) is 43.2 Å². The quantitative estimate of drug-likeness (QED) is 0.661. The van der Waals surface area contributed by atoms with E-state index in [1.54, 1.807) is 21.3 Å². The van der Waals surface area contributed by atoms with E-state index < -0.39 is 0 Å². The zero-order valence-electron chi connectivity index (χ0n) is 15.9. The number of methoxy groups -OCH3 is 2. The predicted molar refractivity (Wildman–Crippen MR) is 104 cm³/mol. The third-order valence-electron chi connectivity index (χ3n) is 6.32. The summed E-state index contributed by atoms with van der Waals surface area (Å²) in [5.41, 5.74) is 0.473. The maximum atomic E-state index is 6.20. The molecule has 2 aliphatic heterocycles. The van der Waals surface area contributed by atoms with Crippen molar-refractivity contribution in [1.29, 1.82) is 0 Å². The monoisotopic (exact) mass is 368 g/mol. The van der Waals surface area contributed by atoms with Gasteiger partial charge in [-0.25, -0.2) is 9.98 Å². The summed E-state index contributed by atoms with van der Waals surface area (Å²) in [5, 5.41) is 5.21. The number of hydrogen-bond donors (Lipinski definition) is 1. The minimum atomic E-state index is 0.225. The highest BCUT2D eigenvalue weighted by Gasteiger charge is 2.71. The van der Waals surface area contributed by atoms with Crippen molar-refractivity contribution in [1.82, 2.24) is 9.88 Å².